The highest BCUT2D eigenvalue weighted by Gasteiger charge is 2.18. The van der Waals surface area contributed by atoms with Gasteiger partial charge in [0.1, 0.15) is 0 Å². The van der Waals surface area contributed by atoms with Crippen molar-refractivity contribution >= 4 is 9.84 Å². The Balaban J connectivity index is 3.76. The van der Waals surface area contributed by atoms with Gasteiger partial charge in [-0.3, -0.25) is 0 Å². The molecule has 0 aliphatic carbocycles. The summed E-state index contributed by atoms with van der Waals surface area (Å²) in [4.78, 5) is 0. The predicted octanol–water partition coefficient (Wildman–Crippen LogP) is 2.76. The minimum atomic E-state index is -2.89. The highest BCUT2D eigenvalue weighted by atomic mass is 32.2. The van der Waals surface area contributed by atoms with E-state index >= 15 is 0 Å². The maximum absolute atomic E-state index is 11.8. The second kappa shape index (κ2) is 8.92. The van der Waals surface area contributed by atoms with Crippen molar-refractivity contribution in [3.63, 3.8) is 0 Å². The van der Waals surface area contributed by atoms with E-state index in [-0.39, 0.29) is 11.0 Å². The van der Waals surface area contributed by atoms with E-state index in [2.05, 4.69) is 19.2 Å². The summed E-state index contributed by atoms with van der Waals surface area (Å²) in [5.74, 6) is 0.264. The normalized spacial score (nSPS) is 15.8. The molecule has 0 bridgehead atoms. The quantitative estimate of drug-likeness (QED) is 0.616. The van der Waals surface area contributed by atoms with Gasteiger partial charge in [0.25, 0.3) is 0 Å². The van der Waals surface area contributed by atoms with E-state index in [0.717, 1.165) is 6.42 Å². The molecule has 0 amide bonds. The van der Waals surface area contributed by atoms with Crippen molar-refractivity contribution in [2.75, 3.05) is 12.3 Å². The number of hydrogen-bond acceptors (Lipinski definition) is 3. The third-order valence-corrected chi connectivity index (χ3v) is 5.64. The molecule has 0 aliphatic rings. The first-order valence-corrected chi connectivity index (χ1v) is 8.60. The van der Waals surface area contributed by atoms with Crippen molar-refractivity contribution in [1.29, 1.82) is 0 Å². The van der Waals surface area contributed by atoms with E-state index in [1.807, 2.05) is 6.92 Å². The maximum Gasteiger partial charge on any atom is 0.154 e. The van der Waals surface area contributed by atoms with Crippen LogP contribution in [0.1, 0.15) is 59.8 Å². The average molecular weight is 263 g/mol. The van der Waals surface area contributed by atoms with Crippen molar-refractivity contribution in [3.8, 4) is 0 Å². The Morgan fingerprint density at radius 3 is 2.29 bits per heavy atom. The summed E-state index contributed by atoms with van der Waals surface area (Å²) in [6.45, 7) is 8.62. The van der Waals surface area contributed by atoms with Gasteiger partial charge < -0.3 is 5.32 Å². The van der Waals surface area contributed by atoms with Crippen LogP contribution < -0.4 is 5.32 Å². The molecule has 0 aliphatic heterocycles. The first kappa shape index (κ1) is 16.9. The van der Waals surface area contributed by atoms with Gasteiger partial charge in [0.05, 0.1) is 11.0 Å². The van der Waals surface area contributed by atoms with Crippen LogP contribution in [0.5, 0.6) is 0 Å². The van der Waals surface area contributed by atoms with Crippen molar-refractivity contribution in [2.24, 2.45) is 0 Å². The molecule has 2 unspecified atom stereocenters. The molecule has 0 saturated heterocycles. The lowest BCUT2D eigenvalue weighted by Gasteiger charge is -2.15. The predicted molar refractivity (Wildman–Crippen MR) is 75.1 cm³/mol. The molecule has 4 heteroatoms. The summed E-state index contributed by atoms with van der Waals surface area (Å²) < 4.78 is 23.5. The van der Waals surface area contributed by atoms with E-state index < -0.39 is 9.84 Å². The summed E-state index contributed by atoms with van der Waals surface area (Å²) in [7, 11) is -2.89. The Kier molecular flexibility index (Phi) is 8.88. The summed E-state index contributed by atoms with van der Waals surface area (Å²) in [6.07, 6.45) is 5.56. The highest BCUT2D eigenvalue weighted by Crippen LogP contribution is 2.06. The Hall–Kier alpha value is -0.0900. The van der Waals surface area contributed by atoms with Crippen molar-refractivity contribution in [3.05, 3.63) is 0 Å². The molecular formula is C13H29NO2S. The molecule has 0 fully saturated rings. The molecule has 3 nitrogen and oxygen atoms in total. The lowest BCUT2D eigenvalue weighted by atomic mass is 10.1. The second-order valence-corrected chi connectivity index (χ2v) is 7.48. The van der Waals surface area contributed by atoms with Gasteiger partial charge in [-0.25, -0.2) is 8.42 Å². The lowest BCUT2D eigenvalue weighted by molar-refractivity contribution is 0.497. The number of sulfone groups is 1. The minimum Gasteiger partial charge on any atom is -0.313 e. The van der Waals surface area contributed by atoms with Crippen LogP contribution in [-0.4, -0.2) is 32.0 Å². The number of unbranched alkanes of at least 4 members (excludes halogenated alkanes) is 2. The number of nitrogens with one attached hydrogen (secondary N) is 1. The topological polar surface area (TPSA) is 46.2 Å². The molecule has 0 heterocycles. The Morgan fingerprint density at radius 1 is 1.12 bits per heavy atom. The Bertz CT molecular complexity index is 275. The van der Waals surface area contributed by atoms with E-state index in [1.54, 1.807) is 6.92 Å². The van der Waals surface area contributed by atoms with Gasteiger partial charge in [0, 0.05) is 12.6 Å². The summed E-state index contributed by atoms with van der Waals surface area (Å²) >= 11 is 0. The van der Waals surface area contributed by atoms with Crippen molar-refractivity contribution in [2.45, 2.75) is 71.1 Å². The van der Waals surface area contributed by atoms with Crippen LogP contribution in [0.4, 0.5) is 0 Å². The van der Waals surface area contributed by atoms with Gasteiger partial charge in [-0.05, 0) is 26.7 Å². The van der Waals surface area contributed by atoms with Crippen molar-refractivity contribution < 1.29 is 8.42 Å². The van der Waals surface area contributed by atoms with Crippen LogP contribution in [0.25, 0.3) is 0 Å². The maximum atomic E-state index is 11.8. The fraction of sp³-hybridized carbons (Fsp3) is 1.00. The van der Waals surface area contributed by atoms with E-state index in [1.165, 1.54) is 19.3 Å². The summed E-state index contributed by atoms with van der Waals surface area (Å²) in [6, 6.07) is 0.425. The van der Waals surface area contributed by atoms with Crippen LogP contribution in [0, 0.1) is 0 Å². The number of rotatable bonds is 10. The zero-order valence-corrected chi connectivity index (χ0v) is 12.6. The molecule has 0 aromatic rings. The van der Waals surface area contributed by atoms with E-state index in [4.69, 9.17) is 0 Å². The molecule has 0 aromatic carbocycles. The fourth-order valence-corrected chi connectivity index (χ4v) is 3.02. The largest absolute Gasteiger partial charge is 0.313 e. The van der Waals surface area contributed by atoms with E-state index in [9.17, 15) is 8.42 Å². The molecule has 0 saturated carbocycles. The zero-order chi connectivity index (χ0) is 13.3. The second-order valence-electron chi connectivity index (χ2n) is 4.94. The van der Waals surface area contributed by atoms with Gasteiger partial charge in [0.15, 0.2) is 9.84 Å². The smallest absolute Gasteiger partial charge is 0.154 e. The molecule has 0 radical (unpaired) electrons. The summed E-state index contributed by atoms with van der Waals surface area (Å²) in [5, 5.41) is 3.09. The van der Waals surface area contributed by atoms with Crippen LogP contribution in [0.15, 0.2) is 0 Å². The van der Waals surface area contributed by atoms with Crippen LogP contribution >= 0.6 is 0 Å². The Morgan fingerprint density at radius 2 is 1.76 bits per heavy atom. The summed E-state index contributed by atoms with van der Waals surface area (Å²) in [5.41, 5.74) is 0. The molecule has 104 valence electrons. The van der Waals surface area contributed by atoms with Gasteiger partial charge in [-0.1, -0.05) is 33.1 Å². The minimum absolute atomic E-state index is 0.209. The third-order valence-electron chi connectivity index (χ3n) is 3.31. The lowest BCUT2D eigenvalue weighted by Crippen LogP contribution is -2.33. The van der Waals surface area contributed by atoms with Gasteiger partial charge in [0.2, 0.25) is 0 Å². The molecule has 17 heavy (non-hydrogen) atoms. The van der Waals surface area contributed by atoms with Crippen LogP contribution in [0.2, 0.25) is 0 Å². The van der Waals surface area contributed by atoms with Gasteiger partial charge in [-0.15, -0.1) is 0 Å². The number of hydrogen-bond donors (Lipinski definition) is 1. The van der Waals surface area contributed by atoms with Crippen LogP contribution in [-0.2, 0) is 9.84 Å². The average Bonchev–Trinajstić information content (AvgIpc) is 2.28. The van der Waals surface area contributed by atoms with Gasteiger partial charge >= 0.3 is 0 Å². The molecule has 0 aromatic heterocycles. The SMILES string of the molecule is CCCCCC(C)NCCS(=O)(=O)C(C)CC. The molecule has 0 spiro atoms. The fourth-order valence-electron chi connectivity index (χ4n) is 1.71. The molecule has 1 N–H and O–H groups in total. The molecule has 0 rings (SSSR count). The Labute approximate surface area is 107 Å². The van der Waals surface area contributed by atoms with Crippen molar-refractivity contribution in [1.82, 2.24) is 5.32 Å². The highest BCUT2D eigenvalue weighted by molar-refractivity contribution is 7.92. The standard InChI is InChI=1S/C13H29NO2S/c1-5-7-8-9-12(3)14-10-11-17(15,16)13(4)6-2/h12-14H,5-11H2,1-4H3. The first-order valence-electron chi connectivity index (χ1n) is 6.89. The molecular weight excluding hydrogens is 234 g/mol. The van der Waals surface area contributed by atoms with E-state index in [0.29, 0.717) is 19.0 Å². The monoisotopic (exact) mass is 263 g/mol. The van der Waals surface area contributed by atoms with Crippen LogP contribution in [0.3, 0.4) is 0 Å². The zero-order valence-electron chi connectivity index (χ0n) is 11.8. The van der Waals surface area contributed by atoms with Gasteiger partial charge in [-0.2, -0.15) is 0 Å². The molecule has 2 atom stereocenters. The third kappa shape index (κ3) is 7.77. The first-order chi connectivity index (χ1) is 7.94.